The minimum Gasteiger partial charge on any atom is -0.318 e. The molecular weight excluding hydrogens is 304 g/mol. The van der Waals surface area contributed by atoms with Gasteiger partial charge in [-0.05, 0) is 29.7 Å². The third-order valence-electron chi connectivity index (χ3n) is 3.00. The van der Waals surface area contributed by atoms with Crippen molar-refractivity contribution in [2.45, 2.75) is 32.0 Å². The van der Waals surface area contributed by atoms with Crippen molar-refractivity contribution < 1.29 is 17.6 Å². The lowest BCUT2D eigenvalue weighted by molar-refractivity contribution is -0.137. The molecule has 0 saturated carbocycles. The molecule has 2 nitrogen and oxygen atoms in total. The second-order valence-corrected chi connectivity index (χ2v) is 5.90. The molecule has 114 valence electrons. The molecule has 0 fully saturated rings. The molecule has 0 saturated heterocycles. The molecule has 0 aliphatic heterocycles. The fourth-order valence-corrected chi connectivity index (χ4v) is 2.81. The number of nitrogens with two attached hydrogens (primary N) is 1. The van der Waals surface area contributed by atoms with E-state index in [1.165, 1.54) is 11.3 Å². The Morgan fingerprint density at radius 3 is 2.38 bits per heavy atom. The van der Waals surface area contributed by atoms with Crippen molar-refractivity contribution in [1.29, 1.82) is 0 Å². The summed E-state index contributed by atoms with van der Waals surface area (Å²) in [6, 6.07) is 1.46. The van der Waals surface area contributed by atoms with Crippen LogP contribution in [0.5, 0.6) is 0 Å². The molecule has 1 aromatic heterocycles. The van der Waals surface area contributed by atoms with E-state index in [-0.39, 0.29) is 11.5 Å². The predicted molar refractivity (Wildman–Crippen MR) is 73.6 cm³/mol. The van der Waals surface area contributed by atoms with Crippen LogP contribution in [0.3, 0.4) is 0 Å². The predicted octanol–water partition coefficient (Wildman–Crippen LogP) is 4.47. The van der Waals surface area contributed by atoms with Crippen molar-refractivity contribution in [3.05, 3.63) is 51.2 Å². The first-order chi connectivity index (χ1) is 9.68. The molecule has 21 heavy (non-hydrogen) atoms. The molecule has 2 rings (SSSR count). The van der Waals surface area contributed by atoms with E-state index in [2.05, 4.69) is 4.98 Å². The Morgan fingerprint density at radius 1 is 1.19 bits per heavy atom. The van der Waals surface area contributed by atoms with Crippen molar-refractivity contribution in [3.8, 4) is 0 Å². The smallest absolute Gasteiger partial charge is 0.318 e. The molecule has 7 heteroatoms. The summed E-state index contributed by atoms with van der Waals surface area (Å²) in [5.74, 6) is -0.767. The van der Waals surface area contributed by atoms with Gasteiger partial charge in [-0.15, -0.1) is 11.3 Å². The van der Waals surface area contributed by atoms with Crippen LogP contribution in [0.1, 0.15) is 47.6 Å². The van der Waals surface area contributed by atoms with Gasteiger partial charge < -0.3 is 5.73 Å². The molecular formula is C14H14F4N2S. The summed E-state index contributed by atoms with van der Waals surface area (Å²) in [6.45, 7) is 3.91. The van der Waals surface area contributed by atoms with Crippen LogP contribution in [0, 0.1) is 5.82 Å². The lowest BCUT2D eigenvalue weighted by Gasteiger charge is -2.13. The van der Waals surface area contributed by atoms with E-state index in [1.807, 2.05) is 19.2 Å². The topological polar surface area (TPSA) is 38.9 Å². The first-order valence-corrected chi connectivity index (χ1v) is 7.15. The second-order valence-electron chi connectivity index (χ2n) is 5.01. The van der Waals surface area contributed by atoms with Crippen molar-refractivity contribution in [2.75, 3.05) is 0 Å². The zero-order chi connectivity index (χ0) is 15.8. The van der Waals surface area contributed by atoms with Crippen LogP contribution < -0.4 is 5.73 Å². The number of hydrogen-bond donors (Lipinski definition) is 1. The van der Waals surface area contributed by atoms with Crippen LogP contribution in [-0.2, 0) is 6.18 Å². The Hall–Kier alpha value is -1.47. The molecule has 0 spiro atoms. The van der Waals surface area contributed by atoms with E-state index >= 15 is 0 Å². The van der Waals surface area contributed by atoms with E-state index in [0.29, 0.717) is 11.1 Å². The van der Waals surface area contributed by atoms with Gasteiger partial charge in [0.15, 0.2) is 0 Å². The Morgan fingerprint density at radius 2 is 1.86 bits per heavy atom. The van der Waals surface area contributed by atoms with Gasteiger partial charge in [0.2, 0.25) is 0 Å². The van der Waals surface area contributed by atoms with Crippen LogP contribution in [-0.4, -0.2) is 4.98 Å². The molecule has 1 heterocycles. The van der Waals surface area contributed by atoms with Crippen LogP contribution in [0.4, 0.5) is 17.6 Å². The first kappa shape index (κ1) is 15.9. The molecule has 2 N–H and O–H groups in total. The second kappa shape index (κ2) is 5.73. The number of alkyl halides is 3. The molecule has 0 aliphatic carbocycles. The Bertz CT molecular complexity index is 634. The fraction of sp³-hybridized carbons (Fsp3) is 0.357. The summed E-state index contributed by atoms with van der Waals surface area (Å²) in [6.07, 6.45) is -4.61. The van der Waals surface area contributed by atoms with Crippen molar-refractivity contribution >= 4 is 11.3 Å². The van der Waals surface area contributed by atoms with E-state index < -0.39 is 23.6 Å². The molecule has 0 radical (unpaired) electrons. The fourth-order valence-electron chi connectivity index (χ4n) is 1.81. The highest BCUT2D eigenvalue weighted by molar-refractivity contribution is 7.09. The summed E-state index contributed by atoms with van der Waals surface area (Å²) in [4.78, 5) is 4.30. The average Bonchev–Trinajstić information content (AvgIpc) is 2.85. The van der Waals surface area contributed by atoms with Gasteiger partial charge in [0.25, 0.3) is 0 Å². The van der Waals surface area contributed by atoms with Crippen molar-refractivity contribution in [1.82, 2.24) is 4.98 Å². The summed E-state index contributed by atoms with van der Waals surface area (Å²) in [7, 11) is 0. The third kappa shape index (κ3) is 3.59. The van der Waals surface area contributed by atoms with Crippen LogP contribution in [0.15, 0.2) is 23.6 Å². The Balaban J connectivity index is 2.38. The van der Waals surface area contributed by atoms with Crippen molar-refractivity contribution in [2.24, 2.45) is 5.73 Å². The summed E-state index contributed by atoms with van der Waals surface area (Å²) in [5, 5.41) is 2.28. The van der Waals surface area contributed by atoms with Crippen LogP contribution in [0.2, 0.25) is 0 Å². The van der Waals surface area contributed by atoms with E-state index in [0.717, 1.165) is 17.8 Å². The number of nitrogens with zero attached hydrogens (tertiary/aromatic N) is 1. The monoisotopic (exact) mass is 318 g/mol. The van der Waals surface area contributed by atoms with Crippen LogP contribution in [0.25, 0.3) is 0 Å². The number of halogens is 4. The number of hydrogen-bond acceptors (Lipinski definition) is 3. The van der Waals surface area contributed by atoms with E-state index in [9.17, 15) is 17.6 Å². The van der Waals surface area contributed by atoms with Gasteiger partial charge in [-0.25, -0.2) is 9.37 Å². The zero-order valence-electron chi connectivity index (χ0n) is 11.4. The van der Waals surface area contributed by atoms with Gasteiger partial charge in [-0.1, -0.05) is 13.8 Å². The summed E-state index contributed by atoms with van der Waals surface area (Å²) >= 11 is 1.26. The van der Waals surface area contributed by atoms with Gasteiger partial charge in [-0.2, -0.15) is 13.2 Å². The maximum Gasteiger partial charge on any atom is 0.416 e. The van der Waals surface area contributed by atoms with Gasteiger partial charge in [0.05, 0.1) is 17.3 Å². The van der Waals surface area contributed by atoms with Gasteiger partial charge >= 0.3 is 6.18 Å². The zero-order valence-corrected chi connectivity index (χ0v) is 12.2. The normalized spacial score (nSPS) is 13.7. The third-order valence-corrected chi connectivity index (χ3v) is 3.95. The molecule has 2 aromatic rings. The quantitative estimate of drug-likeness (QED) is 0.848. The first-order valence-electron chi connectivity index (χ1n) is 6.27. The van der Waals surface area contributed by atoms with Gasteiger partial charge in [-0.3, -0.25) is 0 Å². The van der Waals surface area contributed by atoms with Crippen molar-refractivity contribution in [3.63, 3.8) is 0 Å². The number of rotatable bonds is 3. The maximum atomic E-state index is 13.4. The number of benzene rings is 1. The minimum atomic E-state index is -4.61. The summed E-state index contributed by atoms with van der Waals surface area (Å²) in [5.41, 5.74) is 5.76. The molecule has 0 aliphatic rings. The lowest BCUT2D eigenvalue weighted by Crippen LogP contribution is -2.14. The largest absolute Gasteiger partial charge is 0.416 e. The average molecular weight is 318 g/mol. The van der Waals surface area contributed by atoms with Gasteiger partial charge in [0, 0.05) is 5.38 Å². The summed E-state index contributed by atoms with van der Waals surface area (Å²) < 4.78 is 51.5. The highest BCUT2D eigenvalue weighted by Crippen LogP contribution is 2.33. The maximum absolute atomic E-state index is 13.4. The SMILES string of the molecule is CC(C)c1csc(C(N)c2cc(F)cc(C(F)(F)F)c2)n1. The Labute approximate surface area is 123 Å². The van der Waals surface area contributed by atoms with Gasteiger partial charge in [0.1, 0.15) is 10.8 Å². The lowest BCUT2D eigenvalue weighted by atomic mass is 10.0. The molecule has 1 unspecified atom stereocenters. The highest BCUT2D eigenvalue weighted by Gasteiger charge is 2.32. The number of thiazole rings is 1. The molecule has 0 amide bonds. The standard InChI is InChI=1S/C14H14F4N2S/c1-7(2)11-6-21-13(20-11)12(19)8-3-9(14(16,17)18)5-10(15)4-8/h3-7,12H,19H2,1-2H3. The van der Waals surface area contributed by atoms with E-state index in [1.54, 1.807) is 0 Å². The minimum absolute atomic E-state index is 0.0620. The number of aromatic nitrogens is 1. The Kier molecular flexibility index (Phi) is 4.34. The molecule has 0 bridgehead atoms. The van der Waals surface area contributed by atoms with Crippen LogP contribution >= 0.6 is 11.3 Å². The highest BCUT2D eigenvalue weighted by atomic mass is 32.1. The van der Waals surface area contributed by atoms with E-state index in [4.69, 9.17) is 5.73 Å². The molecule has 1 aromatic carbocycles. The molecule has 1 atom stereocenters.